The number of aromatic nitrogens is 1. The molecule has 3 aromatic rings. The lowest BCUT2D eigenvalue weighted by molar-refractivity contribution is -0.145. The quantitative estimate of drug-likeness (QED) is 0.114. The molecule has 0 aliphatic carbocycles. The third-order valence-electron chi connectivity index (χ3n) is 5.89. The highest BCUT2D eigenvalue weighted by atomic mass is 16.5. The SMILES string of the molecule is CCCCCCC=CC(=O)c1cn(CCCC(=O)OCc2ccc(OC)cc2)c2ccccc12. The van der Waals surface area contributed by atoms with Crippen LogP contribution in [0.2, 0.25) is 0 Å². The van der Waals surface area contributed by atoms with Crippen LogP contribution >= 0.6 is 0 Å². The van der Waals surface area contributed by atoms with Crippen molar-refractivity contribution in [1.29, 1.82) is 0 Å². The summed E-state index contributed by atoms with van der Waals surface area (Å²) < 4.78 is 12.6. The van der Waals surface area contributed by atoms with E-state index < -0.39 is 0 Å². The molecule has 0 aliphatic rings. The number of rotatable bonds is 14. The Morgan fingerprint density at radius 2 is 1.76 bits per heavy atom. The summed E-state index contributed by atoms with van der Waals surface area (Å²) in [6, 6.07) is 15.4. The number of para-hydroxylation sites is 1. The van der Waals surface area contributed by atoms with Gasteiger partial charge in [0.2, 0.25) is 0 Å². The number of nitrogens with zero attached hydrogens (tertiary/aromatic N) is 1. The Morgan fingerprint density at radius 3 is 2.53 bits per heavy atom. The number of esters is 1. The van der Waals surface area contributed by atoms with Gasteiger partial charge in [0.05, 0.1) is 7.11 Å². The first-order valence-electron chi connectivity index (χ1n) is 12.2. The molecule has 2 aromatic carbocycles. The molecule has 0 radical (unpaired) electrons. The van der Waals surface area contributed by atoms with Gasteiger partial charge in [0.1, 0.15) is 12.4 Å². The summed E-state index contributed by atoms with van der Waals surface area (Å²) in [4.78, 5) is 25.0. The third kappa shape index (κ3) is 7.34. The summed E-state index contributed by atoms with van der Waals surface area (Å²) in [6.45, 7) is 3.09. The Bertz CT molecular complexity index is 1100. The number of fused-ring (bicyclic) bond motifs is 1. The second-order valence-corrected chi connectivity index (χ2v) is 8.48. The lowest BCUT2D eigenvalue weighted by Crippen LogP contribution is -2.06. The Kier molecular flexibility index (Phi) is 9.96. The van der Waals surface area contributed by atoms with Crippen molar-refractivity contribution in [2.24, 2.45) is 0 Å². The minimum absolute atomic E-state index is 0.0318. The number of methoxy groups -OCH3 is 1. The second kappa shape index (κ2) is 13.4. The fourth-order valence-electron chi connectivity index (χ4n) is 3.95. The summed E-state index contributed by atoms with van der Waals surface area (Å²) in [7, 11) is 1.62. The molecular weight excluding hydrogens is 426 g/mol. The Hall–Kier alpha value is -3.34. The van der Waals surface area contributed by atoms with Gasteiger partial charge in [-0.3, -0.25) is 9.59 Å². The Balaban J connectivity index is 1.52. The molecule has 0 saturated heterocycles. The Labute approximate surface area is 202 Å². The minimum atomic E-state index is -0.227. The van der Waals surface area contributed by atoms with Crippen LogP contribution in [-0.2, 0) is 22.7 Å². The van der Waals surface area contributed by atoms with Gasteiger partial charge < -0.3 is 14.0 Å². The zero-order valence-corrected chi connectivity index (χ0v) is 20.3. The topological polar surface area (TPSA) is 57.5 Å². The van der Waals surface area contributed by atoms with Crippen molar-refractivity contribution in [1.82, 2.24) is 4.57 Å². The van der Waals surface area contributed by atoms with Gasteiger partial charge in [-0.1, -0.05) is 62.6 Å². The zero-order valence-electron chi connectivity index (χ0n) is 20.3. The van der Waals surface area contributed by atoms with Crippen molar-refractivity contribution in [2.45, 2.75) is 65.0 Å². The van der Waals surface area contributed by atoms with Crippen LogP contribution in [0.3, 0.4) is 0 Å². The fraction of sp³-hybridized carbons (Fsp3) is 0.379. The molecule has 0 unspecified atom stereocenters. The standard InChI is InChI=1S/C29H35NO4/c1-3-4-5-6-7-8-14-28(31)26-21-30(27-13-10-9-12-25(26)27)20-11-15-29(32)34-22-23-16-18-24(33-2)19-17-23/h8-10,12-14,16-19,21H,3-7,11,15,20,22H2,1-2H3. The van der Waals surface area contributed by atoms with Gasteiger partial charge in [-0.2, -0.15) is 0 Å². The number of ether oxygens (including phenoxy) is 2. The van der Waals surface area contributed by atoms with Gasteiger partial charge in [0.25, 0.3) is 0 Å². The van der Waals surface area contributed by atoms with Gasteiger partial charge in [-0.25, -0.2) is 0 Å². The molecule has 34 heavy (non-hydrogen) atoms. The summed E-state index contributed by atoms with van der Waals surface area (Å²) in [6.07, 6.45) is 12.3. The summed E-state index contributed by atoms with van der Waals surface area (Å²) in [5, 5.41) is 0.949. The third-order valence-corrected chi connectivity index (χ3v) is 5.89. The van der Waals surface area contributed by atoms with Gasteiger partial charge in [-0.05, 0) is 49.1 Å². The summed E-state index contributed by atoms with van der Waals surface area (Å²) in [5.74, 6) is 0.577. The highest BCUT2D eigenvalue weighted by Crippen LogP contribution is 2.23. The number of unbranched alkanes of at least 4 members (excludes halogenated alkanes) is 4. The molecule has 5 nitrogen and oxygen atoms in total. The van der Waals surface area contributed by atoms with E-state index in [0.717, 1.165) is 35.1 Å². The Morgan fingerprint density at radius 1 is 0.971 bits per heavy atom. The van der Waals surface area contributed by atoms with Crippen LogP contribution in [0, 0.1) is 0 Å². The smallest absolute Gasteiger partial charge is 0.306 e. The molecule has 0 amide bonds. The number of ketones is 1. The number of allylic oxidation sites excluding steroid dienone is 2. The van der Waals surface area contributed by atoms with Crippen LogP contribution in [0.15, 0.2) is 66.9 Å². The van der Waals surface area contributed by atoms with Crippen molar-refractivity contribution in [3.05, 3.63) is 78.0 Å². The molecule has 0 N–H and O–H groups in total. The van der Waals surface area contributed by atoms with Crippen LogP contribution in [0.25, 0.3) is 10.9 Å². The van der Waals surface area contributed by atoms with E-state index in [0.29, 0.717) is 24.9 Å². The van der Waals surface area contributed by atoms with Crippen molar-refractivity contribution >= 4 is 22.7 Å². The van der Waals surface area contributed by atoms with Crippen LogP contribution in [0.4, 0.5) is 0 Å². The van der Waals surface area contributed by atoms with Gasteiger partial charge >= 0.3 is 5.97 Å². The molecule has 3 rings (SSSR count). The van der Waals surface area contributed by atoms with Crippen molar-refractivity contribution in [3.63, 3.8) is 0 Å². The number of hydrogen-bond donors (Lipinski definition) is 0. The van der Waals surface area contributed by atoms with E-state index in [2.05, 4.69) is 11.5 Å². The van der Waals surface area contributed by atoms with E-state index in [9.17, 15) is 9.59 Å². The van der Waals surface area contributed by atoms with Crippen LogP contribution < -0.4 is 4.74 Å². The molecule has 1 aromatic heterocycles. The fourth-order valence-corrected chi connectivity index (χ4v) is 3.95. The van der Waals surface area contributed by atoms with E-state index >= 15 is 0 Å². The predicted octanol–water partition coefficient (Wildman–Crippen LogP) is 6.88. The maximum absolute atomic E-state index is 12.8. The van der Waals surface area contributed by atoms with E-state index in [4.69, 9.17) is 9.47 Å². The first-order valence-corrected chi connectivity index (χ1v) is 12.2. The monoisotopic (exact) mass is 461 g/mol. The maximum atomic E-state index is 12.8. The number of carbonyl (C=O) groups is 2. The average Bonchev–Trinajstić information content (AvgIpc) is 3.24. The van der Waals surface area contributed by atoms with Crippen LogP contribution in [0.1, 0.15) is 67.8 Å². The highest BCUT2D eigenvalue weighted by molar-refractivity contribution is 6.13. The maximum Gasteiger partial charge on any atom is 0.306 e. The lowest BCUT2D eigenvalue weighted by Gasteiger charge is -2.07. The van der Waals surface area contributed by atoms with Gasteiger partial charge in [0, 0.05) is 35.6 Å². The molecular formula is C29H35NO4. The number of carbonyl (C=O) groups excluding carboxylic acids is 2. The average molecular weight is 462 g/mol. The molecule has 180 valence electrons. The van der Waals surface area contributed by atoms with Gasteiger partial charge in [0.15, 0.2) is 5.78 Å². The lowest BCUT2D eigenvalue weighted by atomic mass is 10.1. The van der Waals surface area contributed by atoms with Crippen molar-refractivity contribution < 1.29 is 19.1 Å². The molecule has 0 aliphatic heterocycles. The largest absolute Gasteiger partial charge is 0.497 e. The normalized spacial score (nSPS) is 11.2. The highest BCUT2D eigenvalue weighted by Gasteiger charge is 2.13. The molecule has 0 atom stereocenters. The minimum Gasteiger partial charge on any atom is -0.497 e. The van der Waals surface area contributed by atoms with E-state index in [1.54, 1.807) is 13.2 Å². The van der Waals surface area contributed by atoms with E-state index in [1.165, 1.54) is 19.3 Å². The second-order valence-electron chi connectivity index (χ2n) is 8.48. The van der Waals surface area contributed by atoms with Gasteiger partial charge in [-0.15, -0.1) is 0 Å². The molecule has 0 saturated carbocycles. The van der Waals surface area contributed by atoms with E-state index in [-0.39, 0.29) is 18.4 Å². The molecule has 0 bridgehead atoms. The zero-order chi connectivity index (χ0) is 24.2. The first kappa shape index (κ1) is 25.3. The first-order chi connectivity index (χ1) is 16.6. The molecule has 0 spiro atoms. The predicted molar refractivity (Wildman–Crippen MR) is 136 cm³/mol. The summed E-state index contributed by atoms with van der Waals surface area (Å²) >= 11 is 0. The molecule has 0 fully saturated rings. The number of hydrogen-bond acceptors (Lipinski definition) is 4. The summed E-state index contributed by atoms with van der Waals surface area (Å²) in [5.41, 5.74) is 2.64. The van der Waals surface area contributed by atoms with Crippen LogP contribution in [0.5, 0.6) is 5.75 Å². The van der Waals surface area contributed by atoms with Crippen LogP contribution in [-0.4, -0.2) is 23.4 Å². The number of aryl methyl sites for hydroxylation is 1. The molecule has 1 heterocycles. The molecule has 5 heteroatoms. The van der Waals surface area contributed by atoms with Crippen molar-refractivity contribution in [2.75, 3.05) is 7.11 Å². The van der Waals surface area contributed by atoms with E-state index in [1.807, 2.05) is 60.8 Å². The van der Waals surface area contributed by atoms with Crippen molar-refractivity contribution in [3.8, 4) is 5.75 Å². The number of benzene rings is 2.